The van der Waals surface area contributed by atoms with Gasteiger partial charge in [0.25, 0.3) is 0 Å². The zero-order chi connectivity index (χ0) is 10.8. The Bertz CT molecular complexity index is 389. The third-order valence-electron chi connectivity index (χ3n) is 2.64. The molecule has 1 aliphatic heterocycles. The van der Waals surface area contributed by atoms with Crippen molar-refractivity contribution in [3.05, 3.63) is 29.3 Å². The molecule has 0 spiro atoms. The number of anilines is 1. The summed E-state index contributed by atoms with van der Waals surface area (Å²) in [5, 5.41) is 7.44. The van der Waals surface area contributed by atoms with Gasteiger partial charge in [0.15, 0.2) is 5.96 Å². The van der Waals surface area contributed by atoms with Gasteiger partial charge in [-0.25, -0.2) is 0 Å². The monoisotopic (exact) mass is 205 g/mol. The highest BCUT2D eigenvalue weighted by Gasteiger charge is 2.20. The Labute approximate surface area is 89.1 Å². The second kappa shape index (κ2) is 3.90. The van der Waals surface area contributed by atoms with Crippen LogP contribution in [-0.2, 0) is 17.8 Å². The van der Waals surface area contributed by atoms with Gasteiger partial charge in [-0.1, -0.05) is 12.1 Å². The van der Waals surface area contributed by atoms with Crippen molar-refractivity contribution in [2.24, 2.45) is 5.73 Å². The van der Waals surface area contributed by atoms with Crippen molar-refractivity contribution in [2.45, 2.75) is 13.0 Å². The maximum absolute atomic E-state index is 7.44. The molecule has 4 heteroatoms. The van der Waals surface area contributed by atoms with E-state index < -0.39 is 0 Å². The van der Waals surface area contributed by atoms with E-state index >= 15 is 0 Å². The lowest BCUT2D eigenvalue weighted by atomic mass is 10.1. The second-order valence-corrected chi connectivity index (χ2v) is 3.68. The standard InChI is InChI=1S/C11H15N3O/c1-15-7-8-2-3-10-9(6-8)4-5-14(10)11(12)13/h2-3,6H,4-5,7H2,1H3,(H3,12,13). The third kappa shape index (κ3) is 1.80. The molecule has 0 atom stereocenters. The molecule has 1 aliphatic rings. The number of nitrogens with zero attached hydrogens (tertiary/aromatic N) is 1. The molecule has 0 aliphatic carbocycles. The Kier molecular flexibility index (Phi) is 2.60. The van der Waals surface area contributed by atoms with Crippen molar-refractivity contribution in [1.29, 1.82) is 5.41 Å². The van der Waals surface area contributed by atoms with E-state index in [0.717, 1.165) is 18.7 Å². The second-order valence-electron chi connectivity index (χ2n) is 3.68. The van der Waals surface area contributed by atoms with Crippen LogP contribution in [-0.4, -0.2) is 19.6 Å². The molecular formula is C11H15N3O. The highest BCUT2D eigenvalue weighted by molar-refractivity contribution is 5.94. The van der Waals surface area contributed by atoms with Crippen LogP contribution in [0.15, 0.2) is 18.2 Å². The van der Waals surface area contributed by atoms with Crippen LogP contribution >= 0.6 is 0 Å². The maximum Gasteiger partial charge on any atom is 0.192 e. The van der Waals surface area contributed by atoms with Crippen LogP contribution in [0, 0.1) is 5.41 Å². The molecule has 2 rings (SSSR count). The van der Waals surface area contributed by atoms with Gasteiger partial charge in [-0.3, -0.25) is 5.41 Å². The number of nitrogens with one attached hydrogen (secondary N) is 1. The number of benzene rings is 1. The highest BCUT2D eigenvalue weighted by Crippen LogP contribution is 2.28. The van der Waals surface area contributed by atoms with Gasteiger partial charge >= 0.3 is 0 Å². The average molecular weight is 205 g/mol. The number of fused-ring (bicyclic) bond motifs is 1. The summed E-state index contributed by atoms with van der Waals surface area (Å²) < 4.78 is 5.08. The van der Waals surface area contributed by atoms with E-state index in [9.17, 15) is 0 Å². The van der Waals surface area contributed by atoms with Crippen LogP contribution in [0.4, 0.5) is 5.69 Å². The van der Waals surface area contributed by atoms with Crippen LogP contribution in [0.2, 0.25) is 0 Å². The summed E-state index contributed by atoms with van der Waals surface area (Å²) in [6.45, 7) is 1.44. The number of nitrogens with two attached hydrogens (primary N) is 1. The molecule has 0 radical (unpaired) electrons. The van der Waals surface area contributed by atoms with Crippen LogP contribution in [0.5, 0.6) is 0 Å². The fourth-order valence-corrected chi connectivity index (χ4v) is 1.96. The summed E-state index contributed by atoms with van der Waals surface area (Å²) in [6, 6.07) is 6.16. The van der Waals surface area contributed by atoms with Crippen LogP contribution in [0.25, 0.3) is 0 Å². The molecule has 1 aromatic carbocycles. The predicted octanol–water partition coefficient (Wildman–Crippen LogP) is 1.09. The molecule has 0 unspecified atom stereocenters. The van der Waals surface area contributed by atoms with E-state index in [2.05, 4.69) is 6.07 Å². The first-order valence-electron chi connectivity index (χ1n) is 4.94. The smallest absolute Gasteiger partial charge is 0.192 e. The quantitative estimate of drug-likeness (QED) is 0.561. The van der Waals surface area contributed by atoms with E-state index in [-0.39, 0.29) is 5.96 Å². The Morgan fingerprint density at radius 2 is 2.40 bits per heavy atom. The van der Waals surface area contributed by atoms with Gasteiger partial charge in [0, 0.05) is 19.3 Å². The summed E-state index contributed by atoms with van der Waals surface area (Å²) in [6.07, 6.45) is 0.951. The largest absolute Gasteiger partial charge is 0.380 e. The van der Waals surface area contributed by atoms with Crippen molar-refractivity contribution < 1.29 is 4.74 Å². The molecule has 0 bridgehead atoms. The fraction of sp³-hybridized carbons (Fsp3) is 0.364. The molecule has 0 aromatic heterocycles. The van der Waals surface area contributed by atoms with E-state index in [1.165, 1.54) is 11.1 Å². The summed E-state index contributed by atoms with van der Waals surface area (Å²) in [7, 11) is 1.69. The molecule has 0 saturated heterocycles. The number of guanidine groups is 1. The van der Waals surface area contributed by atoms with Crippen LogP contribution in [0.1, 0.15) is 11.1 Å². The minimum absolute atomic E-state index is 0.119. The summed E-state index contributed by atoms with van der Waals surface area (Å²) in [4.78, 5) is 1.83. The van der Waals surface area contributed by atoms with Gasteiger partial charge in [-0.05, 0) is 23.6 Å². The van der Waals surface area contributed by atoms with Crippen molar-refractivity contribution >= 4 is 11.6 Å². The molecule has 4 nitrogen and oxygen atoms in total. The summed E-state index contributed by atoms with van der Waals surface area (Å²) >= 11 is 0. The van der Waals surface area contributed by atoms with Gasteiger partial charge < -0.3 is 15.4 Å². The molecular weight excluding hydrogens is 190 g/mol. The maximum atomic E-state index is 7.44. The number of ether oxygens (including phenoxy) is 1. The minimum Gasteiger partial charge on any atom is -0.380 e. The molecule has 0 amide bonds. The zero-order valence-electron chi connectivity index (χ0n) is 8.79. The first-order valence-corrected chi connectivity index (χ1v) is 4.94. The average Bonchev–Trinajstić information content (AvgIpc) is 2.61. The number of hydrogen-bond donors (Lipinski definition) is 2. The minimum atomic E-state index is 0.119. The first-order chi connectivity index (χ1) is 7.22. The van der Waals surface area contributed by atoms with Gasteiger partial charge in [0.2, 0.25) is 0 Å². The van der Waals surface area contributed by atoms with E-state index in [1.54, 1.807) is 7.11 Å². The topological polar surface area (TPSA) is 62.3 Å². The highest BCUT2D eigenvalue weighted by atomic mass is 16.5. The molecule has 0 fully saturated rings. The summed E-state index contributed by atoms with van der Waals surface area (Å²) in [5.74, 6) is 0.119. The van der Waals surface area contributed by atoms with Crippen molar-refractivity contribution in [3.8, 4) is 0 Å². The predicted molar refractivity (Wildman–Crippen MR) is 60.1 cm³/mol. The molecule has 1 aromatic rings. The number of hydrogen-bond acceptors (Lipinski definition) is 2. The van der Waals surface area contributed by atoms with E-state index in [4.69, 9.17) is 15.9 Å². The molecule has 80 valence electrons. The Balaban J connectivity index is 2.29. The van der Waals surface area contributed by atoms with Crippen molar-refractivity contribution in [2.75, 3.05) is 18.6 Å². The summed E-state index contributed by atoms with van der Waals surface area (Å²) in [5.41, 5.74) is 8.97. The normalized spacial score (nSPS) is 14.1. The van der Waals surface area contributed by atoms with Gasteiger partial charge in [-0.15, -0.1) is 0 Å². The fourth-order valence-electron chi connectivity index (χ4n) is 1.96. The SMILES string of the molecule is COCc1ccc2c(c1)CCN2C(=N)N. The lowest BCUT2D eigenvalue weighted by Gasteiger charge is -2.16. The van der Waals surface area contributed by atoms with Crippen LogP contribution < -0.4 is 10.6 Å². The van der Waals surface area contributed by atoms with Gasteiger partial charge in [0.05, 0.1) is 6.61 Å². The lowest BCUT2D eigenvalue weighted by molar-refractivity contribution is 0.185. The van der Waals surface area contributed by atoms with E-state index in [1.807, 2.05) is 17.0 Å². The van der Waals surface area contributed by atoms with Crippen molar-refractivity contribution in [3.63, 3.8) is 0 Å². The molecule has 0 saturated carbocycles. The zero-order valence-corrected chi connectivity index (χ0v) is 8.79. The molecule has 3 N–H and O–H groups in total. The lowest BCUT2D eigenvalue weighted by Crippen LogP contribution is -2.34. The third-order valence-corrected chi connectivity index (χ3v) is 2.64. The Morgan fingerprint density at radius 1 is 1.60 bits per heavy atom. The number of rotatable bonds is 2. The van der Waals surface area contributed by atoms with Crippen molar-refractivity contribution in [1.82, 2.24) is 0 Å². The van der Waals surface area contributed by atoms with Crippen LogP contribution in [0.3, 0.4) is 0 Å². The number of methoxy groups -OCH3 is 1. The first kappa shape index (κ1) is 9.98. The van der Waals surface area contributed by atoms with E-state index in [0.29, 0.717) is 6.61 Å². The molecule has 1 heterocycles. The van der Waals surface area contributed by atoms with Gasteiger partial charge in [-0.2, -0.15) is 0 Å². The Morgan fingerprint density at radius 3 is 3.07 bits per heavy atom. The Hall–Kier alpha value is -1.55. The molecule has 15 heavy (non-hydrogen) atoms. The van der Waals surface area contributed by atoms with Gasteiger partial charge in [0.1, 0.15) is 0 Å².